The van der Waals surface area contributed by atoms with Crippen molar-refractivity contribution in [1.29, 1.82) is 0 Å². The number of nitrogens with zero attached hydrogens (tertiary/aromatic N) is 2. The number of amides is 1. The lowest BCUT2D eigenvalue weighted by Crippen LogP contribution is -2.48. The average molecular weight is 732 g/mol. The number of methoxy groups -OCH3 is 1. The van der Waals surface area contributed by atoms with Crippen molar-refractivity contribution >= 4 is 35.0 Å². The molecule has 2 heterocycles. The predicted molar refractivity (Wildman–Crippen MR) is 205 cm³/mol. The Bertz CT molecular complexity index is 2250. The molecule has 1 aliphatic heterocycles. The maximum absolute atomic E-state index is 14.0. The van der Waals surface area contributed by atoms with Crippen molar-refractivity contribution in [1.82, 2.24) is 4.57 Å². The summed E-state index contributed by atoms with van der Waals surface area (Å²) in [6.45, 7) is 5.54. The highest BCUT2D eigenvalue weighted by atomic mass is 32.1. The molecule has 0 unspecified atom stereocenters. The first-order valence-electron chi connectivity index (χ1n) is 18.6. The zero-order valence-corrected chi connectivity index (χ0v) is 31.5. The van der Waals surface area contributed by atoms with E-state index in [4.69, 9.17) is 14.2 Å². The standard InChI is InChI=1S/C43H45N3O6S/c1-5-51-41(49)38-26(3)44-42-46(39(38)31-9-6-25(2)7-10-31)40(48)36(53-42)20-27-8-15-34(35(19-27)50-4)52-24-37(47)45-33-13-11-32(12-14-33)43-21-28-16-29(22-43)18-30(17-28)23-43/h6-15,19-20,28-30,39H,5,16-18,21-24H2,1-4H3,(H,45,47)/b36-20+/t28?,29?,30?,39-,43?/m1/s1. The number of benzene rings is 3. The van der Waals surface area contributed by atoms with E-state index in [0.29, 0.717) is 43.1 Å². The van der Waals surface area contributed by atoms with Gasteiger partial charge in [-0.2, -0.15) is 0 Å². The van der Waals surface area contributed by atoms with E-state index >= 15 is 0 Å². The van der Waals surface area contributed by atoms with Crippen LogP contribution < -0.4 is 29.7 Å². The third kappa shape index (κ3) is 6.73. The molecule has 274 valence electrons. The number of anilines is 1. The largest absolute Gasteiger partial charge is 0.493 e. The van der Waals surface area contributed by atoms with Crippen molar-refractivity contribution in [3.05, 3.63) is 120 Å². The molecule has 9 nitrogen and oxygen atoms in total. The minimum Gasteiger partial charge on any atom is -0.493 e. The summed E-state index contributed by atoms with van der Waals surface area (Å²) in [6.07, 6.45) is 9.94. The van der Waals surface area contributed by atoms with Crippen LogP contribution in [0.3, 0.4) is 0 Å². The summed E-state index contributed by atoms with van der Waals surface area (Å²) < 4.78 is 19.0. The second-order valence-electron chi connectivity index (χ2n) is 15.2. The van der Waals surface area contributed by atoms with Crippen molar-refractivity contribution in [2.45, 2.75) is 70.8 Å². The van der Waals surface area contributed by atoms with E-state index in [1.165, 1.54) is 62.5 Å². The number of hydrogen-bond acceptors (Lipinski definition) is 8. The van der Waals surface area contributed by atoms with Gasteiger partial charge in [-0.1, -0.05) is 59.4 Å². The van der Waals surface area contributed by atoms with Gasteiger partial charge in [-0.3, -0.25) is 14.2 Å². The summed E-state index contributed by atoms with van der Waals surface area (Å²) in [5, 5.41) is 2.97. The van der Waals surface area contributed by atoms with Crippen molar-refractivity contribution in [2.75, 3.05) is 25.6 Å². The van der Waals surface area contributed by atoms with Gasteiger partial charge in [0.25, 0.3) is 11.5 Å². The van der Waals surface area contributed by atoms with Gasteiger partial charge in [0.1, 0.15) is 0 Å². The number of carbonyl (C=O) groups is 2. The second-order valence-corrected chi connectivity index (χ2v) is 16.2. The smallest absolute Gasteiger partial charge is 0.338 e. The highest BCUT2D eigenvalue weighted by molar-refractivity contribution is 7.07. The van der Waals surface area contributed by atoms with Gasteiger partial charge < -0.3 is 19.5 Å². The van der Waals surface area contributed by atoms with Gasteiger partial charge in [0, 0.05) is 5.69 Å². The number of aryl methyl sites for hydroxylation is 1. The topological polar surface area (TPSA) is 108 Å². The van der Waals surface area contributed by atoms with E-state index in [-0.39, 0.29) is 24.7 Å². The van der Waals surface area contributed by atoms with Crippen molar-refractivity contribution in [3.63, 3.8) is 0 Å². The van der Waals surface area contributed by atoms with Gasteiger partial charge in [0.15, 0.2) is 22.9 Å². The van der Waals surface area contributed by atoms with Crippen molar-refractivity contribution in [3.8, 4) is 11.5 Å². The van der Waals surface area contributed by atoms with Crippen LogP contribution >= 0.6 is 11.3 Å². The number of rotatable bonds is 10. The van der Waals surface area contributed by atoms with Gasteiger partial charge in [0.05, 0.1) is 35.6 Å². The van der Waals surface area contributed by atoms with Crippen LogP contribution in [0.4, 0.5) is 5.69 Å². The Kier molecular flexibility index (Phi) is 9.35. The fraction of sp³-hybridized carbons (Fsp3) is 0.395. The summed E-state index contributed by atoms with van der Waals surface area (Å²) >= 11 is 1.25. The first-order chi connectivity index (χ1) is 25.6. The van der Waals surface area contributed by atoms with E-state index in [0.717, 1.165) is 34.6 Å². The lowest BCUT2D eigenvalue weighted by atomic mass is 9.48. The third-order valence-electron chi connectivity index (χ3n) is 11.6. The molecule has 4 saturated carbocycles. The van der Waals surface area contributed by atoms with Crippen LogP contribution in [-0.4, -0.2) is 36.8 Å². The Balaban J connectivity index is 0.978. The van der Waals surface area contributed by atoms with Crippen LogP contribution in [0.25, 0.3) is 6.08 Å². The average Bonchev–Trinajstić information content (AvgIpc) is 3.43. The zero-order chi connectivity index (χ0) is 36.9. The fourth-order valence-corrected chi connectivity index (χ4v) is 10.7. The number of fused-ring (bicyclic) bond motifs is 1. The molecule has 4 aromatic rings. The molecule has 1 atom stereocenters. The lowest BCUT2D eigenvalue weighted by Gasteiger charge is -2.57. The quantitative estimate of drug-likeness (QED) is 0.184. The molecule has 3 aromatic carbocycles. The highest BCUT2D eigenvalue weighted by Gasteiger charge is 2.51. The Labute approximate surface area is 313 Å². The monoisotopic (exact) mass is 731 g/mol. The van der Waals surface area contributed by atoms with E-state index in [1.807, 2.05) is 49.4 Å². The maximum atomic E-state index is 14.0. The third-order valence-corrected chi connectivity index (χ3v) is 12.6. The Hall–Kier alpha value is -4.96. The maximum Gasteiger partial charge on any atom is 0.338 e. The van der Waals surface area contributed by atoms with E-state index < -0.39 is 12.0 Å². The Morgan fingerprint density at radius 2 is 1.62 bits per heavy atom. The van der Waals surface area contributed by atoms with Crippen LogP contribution in [0.15, 0.2) is 87.8 Å². The molecule has 9 rings (SSSR count). The summed E-state index contributed by atoms with van der Waals surface area (Å²) in [4.78, 5) is 45.3. The van der Waals surface area contributed by atoms with E-state index in [9.17, 15) is 14.4 Å². The van der Waals surface area contributed by atoms with Gasteiger partial charge in [-0.25, -0.2) is 9.79 Å². The van der Waals surface area contributed by atoms with Crippen LogP contribution in [0.5, 0.6) is 11.5 Å². The minimum atomic E-state index is -0.677. The molecule has 1 amide bonds. The summed E-state index contributed by atoms with van der Waals surface area (Å²) in [7, 11) is 1.53. The molecule has 1 aromatic heterocycles. The highest BCUT2D eigenvalue weighted by Crippen LogP contribution is 2.60. The SMILES string of the molecule is CCOC(=O)C1=C(C)N=c2s/c(=C/c3ccc(OCC(=O)Nc4ccc(C56CC7CC(CC(C7)C5)C6)cc4)c(OC)c3)c(=O)n2[C@@H]1c1ccc(C)cc1. The van der Waals surface area contributed by atoms with Crippen LogP contribution in [-0.2, 0) is 19.7 Å². The molecule has 0 saturated heterocycles. The zero-order valence-electron chi connectivity index (χ0n) is 30.6. The molecule has 0 radical (unpaired) electrons. The molecule has 4 aliphatic carbocycles. The van der Waals surface area contributed by atoms with E-state index in [2.05, 4.69) is 22.4 Å². The van der Waals surface area contributed by atoms with Crippen LogP contribution in [0, 0.1) is 24.7 Å². The van der Waals surface area contributed by atoms with Gasteiger partial charge >= 0.3 is 5.97 Å². The number of allylic oxidation sites excluding steroid dienone is 1. The van der Waals surface area contributed by atoms with Crippen LogP contribution in [0.2, 0.25) is 0 Å². The molecule has 10 heteroatoms. The minimum absolute atomic E-state index is 0.188. The summed E-state index contributed by atoms with van der Waals surface area (Å²) in [5.74, 6) is 2.73. The number of thiazole rings is 1. The molecule has 4 fully saturated rings. The Morgan fingerprint density at radius 3 is 2.26 bits per heavy atom. The first-order valence-corrected chi connectivity index (χ1v) is 19.4. The molecule has 5 aliphatic rings. The summed E-state index contributed by atoms with van der Waals surface area (Å²) in [6, 6.07) is 20.9. The predicted octanol–water partition coefficient (Wildman–Crippen LogP) is 6.60. The molecule has 1 N–H and O–H groups in total. The number of carbonyl (C=O) groups excluding carboxylic acids is 2. The molecule has 53 heavy (non-hydrogen) atoms. The number of nitrogens with one attached hydrogen (secondary N) is 1. The number of esters is 1. The van der Waals surface area contributed by atoms with Crippen LogP contribution in [0.1, 0.15) is 80.7 Å². The molecule has 4 bridgehead atoms. The van der Waals surface area contributed by atoms with E-state index in [1.54, 1.807) is 36.6 Å². The molecular weight excluding hydrogens is 687 g/mol. The second kappa shape index (κ2) is 14.1. The van der Waals surface area contributed by atoms with Gasteiger partial charge in [0.2, 0.25) is 0 Å². The normalized spacial score (nSPS) is 24.4. The number of hydrogen-bond donors (Lipinski definition) is 1. The van der Waals surface area contributed by atoms with Crippen molar-refractivity contribution in [2.24, 2.45) is 22.7 Å². The molecule has 0 spiro atoms. The first kappa shape index (κ1) is 35.1. The lowest BCUT2D eigenvalue weighted by molar-refractivity contribution is -0.139. The fourth-order valence-electron chi connectivity index (χ4n) is 9.61. The number of ether oxygens (including phenoxy) is 3. The molecular formula is C43H45N3O6S. The summed E-state index contributed by atoms with van der Waals surface area (Å²) in [5.41, 5.74) is 5.66. The van der Waals surface area contributed by atoms with Gasteiger partial charge in [-0.15, -0.1) is 0 Å². The van der Waals surface area contributed by atoms with Crippen molar-refractivity contribution < 1.29 is 23.8 Å². The Morgan fingerprint density at radius 1 is 0.943 bits per heavy atom. The van der Waals surface area contributed by atoms with Gasteiger partial charge in [-0.05, 0) is 129 Å². The number of aromatic nitrogens is 1.